The summed E-state index contributed by atoms with van der Waals surface area (Å²) in [5.41, 5.74) is 0.348. The van der Waals surface area contributed by atoms with Crippen molar-refractivity contribution in [2.75, 3.05) is 19.5 Å². The predicted molar refractivity (Wildman–Crippen MR) is 43.5 cm³/mol. The molecule has 0 unspecified atom stereocenters. The van der Waals surface area contributed by atoms with E-state index in [2.05, 4.69) is 15.3 Å². The highest BCUT2D eigenvalue weighted by Crippen LogP contribution is 2.13. The second kappa shape index (κ2) is 3.23. The van der Waals surface area contributed by atoms with Gasteiger partial charge in [-0.25, -0.2) is 9.97 Å². The van der Waals surface area contributed by atoms with Crippen LogP contribution >= 0.6 is 0 Å². The first-order valence-corrected chi connectivity index (χ1v) is 3.12. The zero-order chi connectivity index (χ0) is 8.27. The number of nitrogens with zero attached hydrogens (tertiary/aromatic N) is 2. The van der Waals surface area contributed by atoms with Gasteiger partial charge in [0, 0.05) is 18.8 Å². The summed E-state index contributed by atoms with van der Waals surface area (Å²) in [4.78, 5) is 7.84. The van der Waals surface area contributed by atoms with E-state index in [1.165, 1.54) is 13.3 Å². The molecule has 0 saturated heterocycles. The minimum absolute atomic E-state index is 0.348. The molecule has 0 bridgehead atoms. The monoisotopic (exact) mass is 149 g/mol. The number of rotatable bonds is 2. The maximum Gasteiger partial charge on any atom is 0.256 e. The molecule has 0 aliphatic heterocycles. The lowest BCUT2D eigenvalue weighted by molar-refractivity contribution is 0.399. The van der Waals surface area contributed by atoms with Crippen LogP contribution < -0.4 is 15.6 Å². The van der Waals surface area contributed by atoms with Crippen molar-refractivity contribution in [1.29, 1.82) is 0 Å². The van der Waals surface area contributed by atoms with Crippen LogP contribution in [0.4, 0.5) is 5.82 Å². The Morgan fingerprint density at radius 2 is 2.36 bits per heavy atom. The van der Waals surface area contributed by atoms with Crippen LogP contribution in [0.3, 0.4) is 0 Å². The molecule has 0 amide bonds. The van der Waals surface area contributed by atoms with Crippen LogP contribution in [0.25, 0.3) is 0 Å². The maximum absolute atomic E-state index is 5.38. The standard InChI is InChI=1S/C6H8BN3O/c1-8-5-6(11-2)10-4(7)3-9-5/h3H,1-2H3,(H,8,9). The molecule has 1 heterocycles. The van der Waals surface area contributed by atoms with Gasteiger partial charge >= 0.3 is 0 Å². The molecule has 1 aromatic rings. The van der Waals surface area contributed by atoms with Crippen molar-refractivity contribution in [3.05, 3.63) is 6.20 Å². The molecule has 1 N–H and O–H groups in total. The van der Waals surface area contributed by atoms with E-state index in [0.717, 1.165) is 0 Å². The van der Waals surface area contributed by atoms with Crippen LogP contribution in [0.5, 0.6) is 5.88 Å². The van der Waals surface area contributed by atoms with Gasteiger partial charge in [-0.3, -0.25) is 0 Å². The van der Waals surface area contributed by atoms with Crippen molar-refractivity contribution in [3.8, 4) is 5.88 Å². The van der Waals surface area contributed by atoms with Crippen LogP contribution in [0.2, 0.25) is 0 Å². The Morgan fingerprint density at radius 1 is 1.64 bits per heavy atom. The van der Waals surface area contributed by atoms with Crippen molar-refractivity contribution in [2.24, 2.45) is 0 Å². The molecule has 0 aliphatic rings. The first-order valence-electron chi connectivity index (χ1n) is 3.12. The van der Waals surface area contributed by atoms with Gasteiger partial charge in [-0.1, -0.05) is 0 Å². The van der Waals surface area contributed by atoms with E-state index in [0.29, 0.717) is 17.3 Å². The smallest absolute Gasteiger partial charge is 0.256 e. The highest BCUT2D eigenvalue weighted by molar-refractivity contribution is 6.30. The number of aromatic nitrogens is 2. The van der Waals surface area contributed by atoms with Crippen LogP contribution in [0.15, 0.2) is 6.20 Å². The van der Waals surface area contributed by atoms with Crippen molar-refractivity contribution in [2.45, 2.75) is 0 Å². The van der Waals surface area contributed by atoms with Crippen molar-refractivity contribution >= 4 is 19.3 Å². The molecule has 56 valence electrons. The van der Waals surface area contributed by atoms with E-state index in [1.807, 2.05) is 0 Å². The number of nitrogens with one attached hydrogen (secondary N) is 1. The molecule has 0 aromatic carbocycles. The van der Waals surface area contributed by atoms with E-state index in [4.69, 9.17) is 12.6 Å². The summed E-state index contributed by atoms with van der Waals surface area (Å²) in [5, 5.41) is 2.82. The van der Waals surface area contributed by atoms with Gasteiger partial charge < -0.3 is 10.1 Å². The maximum atomic E-state index is 5.38. The number of ether oxygens (including phenoxy) is 1. The van der Waals surface area contributed by atoms with Gasteiger partial charge in [0.2, 0.25) is 0 Å². The number of hydrogen-bond donors (Lipinski definition) is 1. The van der Waals surface area contributed by atoms with Crippen LogP contribution in [0.1, 0.15) is 0 Å². The number of methoxy groups -OCH3 is 1. The van der Waals surface area contributed by atoms with E-state index in [9.17, 15) is 0 Å². The van der Waals surface area contributed by atoms with Crippen LogP contribution in [-0.4, -0.2) is 32.0 Å². The minimum Gasteiger partial charge on any atom is -0.478 e. The SMILES string of the molecule is [B]c1cnc(NC)c(OC)n1. The summed E-state index contributed by atoms with van der Waals surface area (Å²) in [6.07, 6.45) is 1.47. The Hall–Kier alpha value is -1.26. The highest BCUT2D eigenvalue weighted by Gasteiger charge is 2.02. The van der Waals surface area contributed by atoms with Gasteiger partial charge in [0.15, 0.2) is 5.82 Å². The van der Waals surface area contributed by atoms with Gasteiger partial charge in [0.05, 0.1) is 7.11 Å². The topological polar surface area (TPSA) is 47.0 Å². The summed E-state index contributed by atoms with van der Waals surface area (Å²) >= 11 is 0. The molecular formula is C6H8BN3O. The zero-order valence-corrected chi connectivity index (χ0v) is 6.46. The third-order valence-electron chi connectivity index (χ3n) is 1.19. The fourth-order valence-corrected chi connectivity index (χ4v) is 0.699. The van der Waals surface area contributed by atoms with Crippen molar-refractivity contribution in [1.82, 2.24) is 9.97 Å². The van der Waals surface area contributed by atoms with Gasteiger partial charge in [-0.2, -0.15) is 0 Å². The number of anilines is 1. The molecule has 0 saturated carbocycles. The third kappa shape index (κ3) is 1.60. The molecule has 4 nitrogen and oxygen atoms in total. The molecule has 1 rings (SSSR count). The lowest BCUT2D eigenvalue weighted by atomic mass is 10.1. The van der Waals surface area contributed by atoms with Gasteiger partial charge in [-0.05, 0) is 0 Å². The van der Waals surface area contributed by atoms with Gasteiger partial charge in [0.1, 0.15) is 7.85 Å². The molecule has 2 radical (unpaired) electrons. The Labute approximate surface area is 66.4 Å². The van der Waals surface area contributed by atoms with Crippen molar-refractivity contribution in [3.63, 3.8) is 0 Å². The average molecular weight is 149 g/mol. The molecular weight excluding hydrogens is 141 g/mol. The summed E-state index contributed by atoms with van der Waals surface area (Å²) in [6, 6.07) is 0. The number of hydrogen-bond acceptors (Lipinski definition) is 4. The first-order chi connectivity index (χ1) is 5.27. The predicted octanol–water partition coefficient (Wildman–Crippen LogP) is -0.679. The average Bonchev–Trinajstić information content (AvgIpc) is 2.04. The van der Waals surface area contributed by atoms with E-state index >= 15 is 0 Å². The fourth-order valence-electron chi connectivity index (χ4n) is 0.699. The molecule has 5 heteroatoms. The molecule has 0 aliphatic carbocycles. The fraction of sp³-hybridized carbons (Fsp3) is 0.333. The molecule has 11 heavy (non-hydrogen) atoms. The van der Waals surface area contributed by atoms with E-state index < -0.39 is 0 Å². The van der Waals surface area contributed by atoms with Crippen LogP contribution in [-0.2, 0) is 0 Å². The zero-order valence-electron chi connectivity index (χ0n) is 6.46. The third-order valence-corrected chi connectivity index (χ3v) is 1.19. The van der Waals surface area contributed by atoms with Crippen LogP contribution in [0, 0.1) is 0 Å². The molecule has 0 fully saturated rings. The quantitative estimate of drug-likeness (QED) is 0.566. The highest BCUT2D eigenvalue weighted by atomic mass is 16.5. The summed E-state index contributed by atoms with van der Waals surface area (Å²) < 4.78 is 4.90. The largest absolute Gasteiger partial charge is 0.478 e. The summed E-state index contributed by atoms with van der Waals surface area (Å²) in [5.74, 6) is 0.995. The Kier molecular flexibility index (Phi) is 2.30. The minimum atomic E-state index is 0.348. The normalized spacial score (nSPS) is 9.27. The van der Waals surface area contributed by atoms with Gasteiger partial charge in [-0.15, -0.1) is 0 Å². The first kappa shape index (κ1) is 7.85. The molecule has 0 spiro atoms. The second-order valence-corrected chi connectivity index (χ2v) is 1.90. The molecule has 0 atom stereocenters. The Balaban J connectivity index is 3.06. The Morgan fingerprint density at radius 3 is 2.91 bits per heavy atom. The van der Waals surface area contributed by atoms with E-state index in [-0.39, 0.29) is 0 Å². The van der Waals surface area contributed by atoms with Gasteiger partial charge in [0.25, 0.3) is 5.88 Å². The second-order valence-electron chi connectivity index (χ2n) is 1.90. The lowest BCUT2D eigenvalue weighted by Crippen LogP contribution is -2.12. The summed E-state index contributed by atoms with van der Waals surface area (Å²) in [6.45, 7) is 0. The van der Waals surface area contributed by atoms with Crippen molar-refractivity contribution < 1.29 is 4.74 Å². The summed E-state index contributed by atoms with van der Waals surface area (Å²) in [7, 11) is 8.63. The Bertz CT molecular complexity index is 254. The lowest BCUT2D eigenvalue weighted by Gasteiger charge is -2.05. The molecule has 1 aromatic heterocycles. The van der Waals surface area contributed by atoms with E-state index in [1.54, 1.807) is 7.05 Å².